The summed E-state index contributed by atoms with van der Waals surface area (Å²) in [5.41, 5.74) is 0.415. The highest BCUT2D eigenvalue weighted by Crippen LogP contribution is 2.36. The maximum absolute atomic E-state index is 12.9. The number of imide groups is 1. The monoisotopic (exact) mass is 398 g/mol. The summed E-state index contributed by atoms with van der Waals surface area (Å²) in [6.45, 7) is 4.40. The molecule has 1 saturated carbocycles. The first-order chi connectivity index (χ1) is 14.0. The number of amides is 4. The van der Waals surface area contributed by atoms with Crippen molar-refractivity contribution in [2.24, 2.45) is 11.8 Å². The molecule has 3 aliphatic rings. The topological polar surface area (TPSA) is 81.8 Å². The van der Waals surface area contributed by atoms with E-state index in [9.17, 15) is 14.4 Å². The zero-order chi connectivity index (χ0) is 20.4. The van der Waals surface area contributed by atoms with Crippen molar-refractivity contribution >= 4 is 23.5 Å². The van der Waals surface area contributed by atoms with Crippen LogP contribution in [0.1, 0.15) is 39.0 Å². The van der Waals surface area contributed by atoms with Crippen molar-refractivity contribution in [3.05, 3.63) is 30.3 Å². The largest absolute Gasteiger partial charge is 0.371 e. The Morgan fingerprint density at radius 3 is 2.62 bits per heavy atom. The zero-order valence-electron chi connectivity index (χ0n) is 17.0. The van der Waals surface area contributed by atoms with E-state index in [2.05, 4.69) is 34.6 Å². The predicted octanol–water partition coefficient (Wildman–Crippen LogP) is 2.13. The fourth-order valence-corrected chi connectivity index (χ4v) is 4.74. The lowest BCUT2D eigenvalue weighted by molar-refractivity contribution is -0.136. The van der Waals surface area contributed by atoms with Gasteiger partial charge in [-0.2, -0.15) is 0 Å². The average molecular weight is 399 g/mol. The van der Waals surface area contributed by atoms with Crippen LogP contribution in [0.25, 0.3) is 0 Å². The molecule has 0 bridgehead atoms. The summed E-state index contributed by atoms with van der Waals surface area (Å²) < 4.78 is 0. The highest BCUT2D eigenvalue weighted by Gasteiger charge is 2.52. The van der Waals surface area contributed by atoms with E-state index in [1.807, 2.05) is 18.2 Å². The molecule has 2 aliphatic heterocycles. The molecule has 3 fully saturated rings. The smallest absolute Gasteiger partial charge is 0.325 e. The number of carbonyl (C=O) groups is 3. The van der Waals surface area contributed by atoms with Crippen LogP contribution in [-0.4, -0.2) is 54.5 Å². The fourth-order valence-electron chi connectivity index (χ4n) is 4.74. The molecule has 4 amide bonds. The maximum atomic E-state index is 12.9. The molecule has 2 saturated heterocycles. The summed E-state index contributed by atoms with van der Waals surface area (Å²) in [5, 5.41) is 5.79. The minimum atomic E-state index is -0.786. The van der Waals surface area contributed by atoms with E-state index in [1.54, 1.807) is 0 Å². The van der Waals surface area contributed by atoms with Crippen LogP contribution in [0, 0.1) is 11.8 Å². The molecule has 7 heteroatoms. The third kappa shape index (κ3) is 4.09. The van der Waals surface area contributed by atoms with Crippen LogP contribution in [0.2, 0.25) is 0 Å². The van der Waals surface area contributed by atoms with Crippen LogP contribution >= 0.6 is 0 Å². The van der Waals surface area contributed by atoms with Crippen LogP contribution in [0.15, 0.2) is 30.3 Å². The highest BCUT2D eigenvalue weighted by molar-refractivity contribution is 6.09. The lowest BCUT2D eigenvalue weighted by Crippen LogP contribution is -2.50. The zero-order valence-corrected chi connectivity index (χ0v) is 17.0. The average Bonchev–Trinajstić information content (AvgIpc) is 3.29. The molecule has 1 unspecified atom stereocenters. The van der Waals surface area contributed by atoms with Crippen molar-refractivity contribution in [3.63, 3.8) is 0 Å². The van der Waals surface area contributed by atoms with Crippen LogP contribution in [-0.2, 0) is 9.59 Å². The predicted molar refractivity (Wildman–Crippen MR) is 110 cm³/mol. The number of nitrogens with one attached hydrogen (secondary N) is 2. The van der Waals surface area contributed by atoms with E-state index in [-0.39, 0.29) is 18.4 Å². The Kier molecular flexibility index (Phi) is 5.48. The van der Waals surface area contributed by atoms with Gasteiger partial charge in [-0.15, -0.1) is 0 Å². The first kappa shape index (κ1) is 19.7. The number of rotatable bonds is 5. The summed E-state index contributed by atoms with van der Waals surface area (Å²) in [4.78, 5) is 41.0. The molecule has 156 valence electrons. The van der Waals surface area contributed by atoms with Crippen molar-refractivity contribution in [1.29, 1.82) is 0 Å². The van der Waals surface area contributed by atoms with E-state index in [0.29, 0.717) is 31.2 Å². The van der Waals surface area contributed by atoms with Gasteiger partial charge in [0.25, 0.3) is 5.91 Å². The molecule has 1 spiro atoms. The molecule has 1 aromatic rings. The van der Waals surface area contributed by atoms with Gasteiger partial charge in [0.1, 0.15) is 12.1 Å². The molecule has 0 radical (unpaired) electrons. The number of anilines is 1. The number of para-hydroxylation sites is 1. The molecule has 2 N–H and O–H groups in total. The quantitative estimate of drug-likeness (QED) is 0.745. The van der Waals surface area contributed by atoms with E-state index in [0.717, 1.165) is 37.3 Å². The van der Waals surface area contributed by atoms with Gasteiger partial charge >= 0.3 is 6.03 Å². The molecule has 1 aliphatic carbocycles. The van der Waals surface area contributed by atoms with Crippen molar-refractivity contribution in [2.75, 3.05) is 31.1 Å². The first-order valence-electron chi connectivity index (χ1n) is 10.7. The normalized spacial score (nSPS) is 29.4. The Hall–Kier alpha value is -2.57. The van der Waals surface area contributed by atoms with Gasteiger partial charge < -0.3 is 15.5 Å². The van der Waals surface area contributed by atoms with Gasteiger partial charge in [0, 0.05) is 25.3 Å². The first-order valence-corrected chi connectivity index (χ1v) is 10.7. The lowest BCUT2D eigenvalue weighted by atomic mass is 9.77. The second kappa shape index (κ2) is 8.05. The number of urea groups is 1. The standard InChI is InChI=1S/C22H30N4O3/c1-16-7-10-22(11-8-16)20(28)26(21(29)24-22)15-19(27)23-13-17-9-12-25(14-17)18-5-3-2-4-6-18/h2-6,16-17H,7-15H2,1H3,(H,23,27)(H,24,29). The molecule has 0 aromatic heterocycles. The Labute approximate surface area is 171 Å². The SMILES string of the molecule is CC1CCC2(CC1)NC(=O)N(CC(=O)NCC1CCN(c3ccccc3)C1)C2=O. The summed E-state index contributed by atoms with van der Waals surface area (Å²) in [6, 6.07) is 9.83. The second-order valence-electron chi connectivity index (χ2n) is 8.83. The maximum Gasteiger partial charge on any atom is 0.325 e. The van der Waals surface area contributed by atoms with Gasteiger partial charge in [0.05, 0.1) is 0 Å². The fraction of sp³-hybridized carbons (Fsp3) is 0.591. The Bertz CT molecular complexity index is 774. The van der Waals surface area contributed by atoms with Crippen LogP contribution < -0.4 is 15.5 Å². The Morgan fingerprint density at radius 1 is 1.17 bits per heavy atom. The van der Waals surface area contributed by atoms with Crippen molar-refractivity contribution < 1.29 is 14.4 Å². The molecular formula is C22H30N4O3. The molecule has 7 nitrogen and oxygen atoms in total. The third-order valence-electron chi connectivity index (χ3n) is 6.67. The van der Waals surface area contributed by atoms with Gasteiger partial charge in [-0.05, 0) is 56.1 Å². The third-order valence-corrected chi connectivity index (χ3v) is 6.67. The van der Waals surface area contributed by atoms with Gasteiger partial charge in [-0.25, -0.2) is 4.79 Å². The van der Waals surface area contributed by atoms with Gasteiger partial charge in [-0.1, -0.05) is 25.1 Å². The van der Waals surface area contributed by atoms with Crippen molar-refractivity contribution in [2.45, 2.75) is 44.6 Å². The molecular weight excluding hydrogens is 368 g/mol. The molecule has 4 rings (SSSR count). The van der Waals surface area contributed by atoms with Gasteiger partial charge in [0.2, 0.25) is 5.91 Å². The number of nitrogens with zero attached hydrogens (tertiary/aromatic N) is 2. The van der Waals surface area contributed by atoms with E-state index < -0.39 is 11.6 Å². The van der Waals surface area contributed by atoms with Gasteiger partial charge in [0.15, 0.2) is 0 Å². The molecule has 1 atom stereocenters. The summed E-state index contributed by atoms with van der Waals surface area (Å²) in [5.74, 6) is 0.437. The minimum Gasteiger partial charge on any atom is -0.371 e. The second-order valence-corrected chi connectivity index (χ2v) is 8.83. The van der Waals surface area contributed by atoms with Crippen LogP contribution in [0.4, 0.5) is 10.5 Å². The summed E-state index contributed by atoms with van der Waals surface area (Å²) >= 11 is 0. The summed E-state index contributed by atoms with van der Waals surface area (Å²) in [7, 11) is 0. The lowest BCUT2D eigenvalue weighted by Gasteiger charge is -2.33. The van der Waals surface area contributed by atoms with Crippen molar-refractivity contribution in [3.8, 4) is 0 Å². The van der Waals surface area contributed by atoms with Crippen LogP contribution in [0.3, 0.4) is 0 Å². The Morgan fingerprint density at radius 2 is 1.90 bits per heavy atom. The number of hydrogen-bond donors (Lipinski definition) is 2. The minimum absolute atomic E-state index is 0.197. The Balaban J connectivity index is 1.26. The van der Waals surface area contributed by atoms with E-state index >= 15 is 0 Å². The van der Waals surface area contributed by atoms with Crippen LogP contribution in [0.5, 0.6) is 0 Å². The molecule has 29 heavy (non-hydrogen) atoms. The number of carbonyl (C=O) groups excluding carboxylic acids is 3. The number of benzene rings is 1. The van der Waals surface area contributed by atoms with Crippen molar-refractivity contribution in [1.82, 2.24) is 15.5 Å². The van der Waals surface area contributed by atoms with Gasteiger partial charge in [-0.3, -0.25) is 14.5 Å². The molecule has 1 aromatic carbocycles. The van der Waals surface area contributed by atoms with E-state index in [4.69, 9.17) is 0 Å². The summed E-state index contributed by atoms with van der Waals surface area (Å²) in [6.07, 6.45) is 4.18. The molecule has 2 heterocycles. The highest BCUT2D eigenvalue weighted by atomic mass is 16.2. The number of hydrogen-bond acceptors (Lipinski definition) is 4. The van der Waals surface area contributed by atoms with E-state index in [1.165, 1.54) is 5.69 Å².